The number of aliphatic carboxylic acids is 1. The standard InChI is InChI=1S/C14H21NO2/c1-2-3-4-5-6-12-7-9-13(10-8-12)15-11-14(16)17/h7-10,15H,2-6,11H2,1H3,(H,16,17). The average molecular weight is 235 g/mol. The van der Waals surface area contributed by atoms with Crippen molar-refractivity contribution in [3.63, 3.8) is 0 Å². The van der Waals surface area contributed by atoms with E-state index in [0.717, 1.165) is 12.1 Å². The topological polar surface area (TPSA) is 49.3 Å². The van der Waals surface area contributed by atoms with Crippen LogP contribution in [0, 0.1) is 0 Å². The van der Waals surface area contributed by atoms with Crippen LogP contribution < -0.4 is 5.32 Å². The second-order valence-corrected chi connectivity index (χ2v) is 4.25. The van der Waals surface area contributed by atoms with Crippen molar-refractivity contribution in [3.05, 3.63) is 29.8 Å². The van der Waals surface area contributed by atoms with Gasteiger partial charge in [0.1, 0.15) is 6.54 Å². The fraction of sp³-hybridized carbons (Fsp3) is 0.500. The lowest BCUT2D eigenvalue weighted by Crippen LogP contribution is -2.12. The van der Waals surface area contributed by atoms with Gasteiger partial charge in [-0.25, -0.2) is 0 Å². The third kappa shape index (κ3) is 5.95. The van der Waals surface area contributed by atoms with Crippen LogP contribution in [-0.4, -0.2) is 17.6 Å². The maximum Gasteiger partial charge on any atom is 0.322 e. The molecule has 0 saturated carbocycles. The first-order chi connectivity index (χ1) is 8.22. The summed E-state index contributed by atoms with van der Waals surface area (Å²) < 4.78 is 0. The van der Waals surface area contributed by atoms with E-state index in [1.807, 2.05) is 12.1 Å². The molecule has 1 rings (SSSR count). The zero-order valence-corrected chi connectivity index (χ0v) is 10.4. The SMILES string of the molecule is CCCCCCc1ccc(NCC(=O)O)cc1. The van der Waals surface area contributed by atoms with Crippen molar-refractivity contribution in [2.45, 2.75) is 39.0 Å². The van der Waals surface area contributed by atoms with E-state index >= 15 is 0 Å². The minimum absolute atomic E-state index is 0.0319. The minimum Gasteiger partial charge on any atom is -0.480 e. The van der Waals surface area contributed by atoms with Crippen molar-refractivity contribution in [3.8, 4) is 0 Å². The van der Waals surface area contributed by atoms with Crippen LogP contribution in [0.15, 0.2) is 24.3 Å². The Labute approximate surface area is 103 Å². The average Bonchev–Trinajstić information content (AvgIpc) is 2.33. The van der Waals surface area contributed by atoms with Gasteiger partial charge in [-0.05, 0) is 30.5 Å². The van der Waals surface area contributed by atoms with Crippen LogP contribution >= 0.6 is 0 Å². The van der Waals surface area contributed by atoms with Crippen molar-refractivity contribution in [1.82, 2.24) is 0 Å². The van der Waals surface area contributed by atoms with Gasteiger partial charge in [0, 0.05) is 5.69 Å². The molecule has 1 aromatic rings. The molecule has 0 unspecified atom stereocenters. The third-order valence-electron chi connectivity index (χ3n) is 2.72. The van der Waals surface area contributed by atoms with Gasteiger partial charge in [-0.15, -0.1) is 0 Å². The summed E-state index contributed by atoms with van der Waals surface area (Å²) in [4.78, 5) is 10.4. The Morgan fingerprint density at radius 2 is 1.88 bits per heavy atom. The lowest BCUT2D eigenvalue weighted by molar-refractivity contribution is -0.134. The number of benzene rings is 1. The molecular formula is C14H21NO2. The molecule has 0 spiro atoms. The lowest BCUT2D eigenvalue weighted by Gasteiger charge is -2.05. The van der Waals surface area contributed by atoms with Gasteiger partial charge in [-0.1, -0.05) is 38.3 Å². The Balaban J connectivity index is 2.31. The van der Waals surface area contributed by atoms with Crippen LogP contribution in [0.1, 0.15) is 38.2 Å². The van der Waals surface area contributed by atoms with Crippen LogP contribution in [0.25, 0.3) is 0 Å². The summed E-state index contributed by atoms with van der Waals surface area (Å²) in [7, 11) is 0. The van der Waals surface area contributed by atoms with E-state index in [4.69, 9.17) is 5.11 Å². The molecular weight excluding hydrogens is 214 g/mol. The van der Waals surface area contributed by atoms with E-state index in [9.17, 15) is 4.79 Å². The highest BCUT2D eigenvalue weighted by Crippen LogP contribution is 2.12. The van der Waals surface area contributed by atoms with Crippen LogP contribution in [0.4, 0.5) is 5.69 Å². The number of hydrogen-bond acceptors (Lipinski definition) is 2. The van der Waals surface area contributed by atoms with E-state index in [1.165, 1.54) is 31.2 Å². The van der Waals surface area contributed by atoms with Crippen molar-refractivity contribution in [1.29, 1.82) is 0 Å². The van der Waals surface area contributed by atoms with Crippen LogP contribution in [0.2, 0.25) is 0 Å². The van der Waals surface area contributed by atoms with Gasteiger partial charge in [-0.3, -0.25) is 4.79 Å². The van der Waals surface area contributed by atoms with Gasteiger partial charge >= 0.3 is 5.97 Å². The molecule has 3 heteroatoms. The third-order valence-corrected chi connectivity index (χ3v) is 2.72. The molecule has 0 atom stereocenters. The van der Waals surface area contributed by atoms with Crippen molar-refractivity contribution < 1.29 is 9.90 Å². The maximum atomic E-state index is 10.4. The second-order valence-electron chi connectivity index (χ2n) is 4.25. The van der Waals surface area contributed by atoms with Crippen LogP contribution in [-0.2, 0) is 11.2 Å². The first-order valence-corrected chi connectivity index (χ1v) is 6.27. The molecule has 0 fully saturated rings. The van der Waals surface area contributed by atoms with Crippen molar-refractivity contribution in [2.24, 2.45) is 0 Å². The summed E-state index contributed by atoms with van der Waals surface area (Å²) in [5.74, 6) is -0.839. The van der Waals surface area contributed by atoms with E-state index in [1.54, 1.807) is 0 Å². The maximum absolute atomic E-state index is 10.4. The zero-order valence-electron chi connectivity index (χ0n) is 10.4. The van der Waals surface area contributed by atoms with E-state index in [0.29, 0.717) is 0 Å². The molecule has 17 heavy (non-hydrogen) atoms. The number of carbonyl (C=O) groups is 1. The summed E-state index contributed by atoms with van der Waals surface area (Å²) in [5.41, 5.74) is 2.19. The van der Waals surface area contributed by atoms with Gasteiger partial charge in [-0.2, -0.15) is 0 Å². The first kappa shape index (κ1) is 13.6. The summed E-state index contributed by atoms with van der Waals surface area (Å²) in [5, 5.41) is 11.4. The van der Waals surface area contributed by atoms with E-state index in [2.05, 4.69) is 24.4 Å². The predicted octanol–water partition coefficient (Wildman–Crippen LogP) is 3.31. The number of nitrogens with one attached hydrogen (secondary N) is 1. The molecule has 0 aliphatic carbocycles. The number of anilines is 1. The highest BCUT2D eigenvalue weighted by atomic mass is 16.4. The Morgan fingerprint density at radius 1 is 1.18 bits per heavy atom. The molecule has 1 aromatic carbocycles. The summed E-state index contributed by atoms with van der Waals surface area (Å²) >= 11 is 0. The number of carboxylic acid groups (broad SMARTS) is 1. The van der Waals surface area contributed by atoms with Crippen molar-refractivity contribution in [2.75, 3.05) is 11.9 Å². The highest BCUT2D eigenvalue weighted by Gasteiger charge is 1.97. The molecule has 0 saturated heterocycles. The second kappa shape index (κ2) is 7.71. The summed E-state index contributed by atoms with van der Waals surface area (Å²) in [6.45, 7) is 2.18. The number of hydrogen-bond donors (Lipinski definition) is 2. The van der Waals surface area contributed by atoms with Gasteiger partial charge in [0.25, 0.3) is 0 Å². The van der Waals surface area contributed by atoms with Gasteiger partial charge < -0.3 is 10.4 Å². The van der Waals surface area contributed by atoms with Crippen LogP contribution in [0.3, 0.4) is 0 Å². The number of unbranched alkanes of at least 4 members (excludes halogenated alkanes) is 3. The normalized spacial score (nSPS) is 10.2. The number of aryl methyl sites for hydroxylation is 1. The first-order valence-electron chi connectivity index (χ1n) is 6.27. The summed E-state index contributed by atoms with van der Waals surface area (Å²) in [6.07, 6.45) is 6.20. The van der Waals surface area contributed by atoms with Gasteiger partial charge in [0.05, 0.1) is 0 Å². The Morgan fingerprint density at radius 3 is 2.47 bits per heavy atom. The molecule has 0 aromatic heterocycles. The van der Waals surface area contributed by atoms with E-state index in [-0.39, 0.29) is 6.54 Å². The number of rotatable bonds is 8. The quantitative estimate of drug-likeness (QED) is 0.680. The lowest BCUT2D eigenvalue weighted by atomic mass is 10.1. The highest BCUT2D eigenvalue weighted by molar-refractivity contribution is 5.72. The molecule has 0 aliphatic heterocycles. The molecule has 0 heterocycles. The fourth-order valence-electron chi connectivity index (χ4n) is 1.72. The molecule has 3 nitrogen and oxygen atoms in total. The molecule has 0 aliphatic rings. The Hall–Kier alpha value is -1.51. The molecule has 0 radical (unpaired) electrons. The largest absolute Gasteiger partial charge is 0.480 e. The molecule has 94 valence electrons. The molecule has 0 bridgehead atoms. The monoisotopic (exact) mass is 235 g/mol. The fourth-order valence-corrected chi connectivity index (χ4v) is 1.72. The van der Waals surface area contributed by atoms with E-state index < -0.39 is 5.97 Å². The zero-order chi connectivity index (χ0) is 12.5. The molecule has 0 amide bonds. The Bertz CT molecular complexity index is 333. The van der Waals surface area contributed by atoms with Gasteiger partial charge in [0.15, 0.2) is 0 Å². The minimum atomic E-state index is -0.839. The van der Waals surface area contributed by atoms with Gasteiger partial charge in [0.2, 0.25) is 0 Å². The van der Waals surface area contributed by atoms with Crippen LogP contribution in [0.5, 0.6) is 0 Å². The predicted molar refractivity (Wildman–Crippen MR) is 70.4 cm³/mol. The summed E-state index contributed by atoms with van der Waals surface area (Å²) in [6, 6.07) is 8.02. The number of carboxylic acids is 1. The Kier molecular flexibility index (Phi) is 6.15. The van der Waals surface area contributed by atoms with Crippen molar-refractivity contribution >= 4 is 11.7 Å². The smallest absolute Gasteiger partial charge is 0.322 e. The molecule has 2 N–H and O–H groups in total.